The van der Waals surface area contributed by atoms with E-state index in [-0.39, 0.29) is 5.54 Å². The molecule has 0 amide bonds. The first kappa shape index (κ1) is 15.4. The van der Waals surface area contributed by atoms with Gasteiger partial charge < -0.3 is 10.6 Å². The molecule has 1 aliphatic rings. The predicted molar refractivity (Wildman–Crippen MR) is 88.2 cm³/mol. The maximum atomic E-state index is 6.30. The SMILES string of the molecule is CCN(c1cccc(C)c1)C1(CN)CC(C)CCC1C. The molecule has 3 unspecified atom stereocenters. The van der Waals surface area contributed by atoms with Gasteiger partial charge in [-0.1, -0.05) is 32.4 Å². The highest BCUT2D eigenvalue weighted by atomic mass is 15.2. The molecule has 0 saturated heterocycles. The number of hydrogen-bond acceptors (Lipinski definition) is 2. The summed E-state index contributed by atoms with van der Waals surface area (Å²) in [4.78, 5) is 2.57. The van der Waals surface area contributed by atoms with E-state index in [2.05, 4.69) is 56.9 Å². The number of hydrogen-bond donors (Lipinski definition) is 1. The summed E-state index contributed by atoms with van der Waals surface area (Å²) in [6, 6.07) is 8.86. The molecule has 0 heterocycles. The third-order valence-electron chi connectivity index (χ3n) is 5.23. The van der Waals surface area contributed by atoms with E-state index in [0.717, 1.165) is 19.0 Å². The maximum Gasteiger partial charge on any atom is 0.0552 e. The predicted octanol–water partition coefficient (Wildman–Crippen LogP) is 3.97. The van der Waals surface area contributed by atoms with Gasteiger partial charge in [-0.3, -0.25) is 0 Å². The van der Waals surface area contributed by atoms with Crippen molar-refractivity contribution < 1.29 is 0 Å². The van der Waals surface area contributed by atoms with Crippen molar-refractivity contribution in [1.82, 2.24) is 0 Å². The van der Waals surface area contributed by atoms with Gasteiger partial charge in [-0.25, -0.2) is 0 Å². The minimum absolute atomic E-state index is 0.125. The zero-order valence-electron chi connectivity index (χ0n) is 13.5. The van der Waals surface area contributed by atoms with Crippen LogP contribution in [0.1, 0.15) is 45.6 Å². The monoisotopic (exact) mass is 274 g/mol. The van der Waals surface area contributed by atoms with Crippen molar-refractivity contribution in [2.75, 3.05) is 18.0 Å². The Kier molecular flexibility index (Phi) is 4.74. The third-order valence-corrected chi connectivity index (χ3v) is 5.23. The Morgan fingerprint density at radius 3 is 2.65 bits per heavy atom. The van der Waals surface area contributed by atoms with Crippen molar-refractivity contribution in [3.8, 4) is 0 Å². The largest absolute Gasteiger partial charge is 0.365 e. The molecule has 112 valence electrons. The topological polar surface area (TPSA) is 29.3 Å². The van der Waals surface area contributed by atoms with Crippen LogP contribution in [-0.2, 0) is 0 Å². The van der Waals surface area contributed by atoms with Crippen molar-refractivity contribution in [2.45, 2.75) is 52.5 Å². The van der Waals surface area contributed by atoms with Gasteiger partial charge in [-0.05, 0) is 56.2 Å². The van der Waals surface area contributed by atoms with Gasteiger partial charge in [0.25, 0.3) is 0 Å². The van der Waals surface area contributed by atoms with Crippen molar-refractivity contribution in [3.63, 3.8) is 0 Å². The van der Waals surface area contributed by atoms with E-state index in [1.807, 2.05) is 0 Å². The number of nitrogens with zero attached hydrogens (tertiary/aromatic N) is 1. The van der Waals surface area contributed by atoms with Gasteiger partial charge >= 0.3 is 0 Å². The Bertz CT molecular complexity index is 443. The lowest BCUT2D eigenvalue weighted by atomic mass is 9.68. The zero-order chi connectivity index (χ0) is 14.8. The summed E-state index contributed by atoms with van der Waals surface area (Å²) in [5.41, 5.74) is 9.08. The van der Waals surface area contributed by atoms with Gasteiger partial charge in [0.1, 0.15) is 0 Å². The first-order chi connectivity index (χ1) is 9.53. The number of likely N-dealkylation sites (N-methyl/N-ethyl adjacent to an activating group) is 1. The summed E-state index contributed by atoms with van der Waals surface area (Å²) >= 11 is 0. The molecule has 2 rings (SSSR count). The van der Waals surface area contributed by atoms with Crippen LogP contribution in [0.5, 0.6) is 0 Å². The number of aryl methyl sites for hydroxylation is 1. The lowest BCUT2D eigenvalue weighted by molar-refractivity contribution is 0.157. The van der Waals surface area contributed by atoms with Crippen LogP contribution in [0.2, 0.25) is 0 Å². The molecule has 2 heteroatoms. The molecule has 2 nitrogen and oxygen atoms in total. The standard InChI is InChI=1S/C18H30N2/c1-5-20(17-8-6-7-14(2)11-17)18(13-19)12-15(3)9-10-16(18)4/h6-8,11,15-16H,5,9-10,12-13,19H2,1-4H3. The number of anilines is 1. The Morgan fingerprint density at radius 1 is 1.30 bits per heavy atom. The summed E-state index contributed by atoms with van der Waals surface area (Å²) in [6.45, 7) is 11.0. The van der Waals surface area contributed by atoms with E-state index >= 15 is 0 Å². The van der Waals surface area contributed by atoms with Crippen LogP contribution < -0.4 is 10.6 Å². The zero-order valence-corrected chi connectivity index (χ0v) is 13.5. The summed E-state index contributed by atoms with van der Waals surface area (Å²) in [6.07, 6.45) is 3.85. The lowest BCUT2D eigenvalue weighted by Gasteiger charge is -2.52. The van der Waals surface area contributed by atoms with E-state index in [9.17, 15) is 0 Å². The molecule has 2 N–H and O–H groups in total. The number of nitrogens with two attached hydrogens (primary N) is 1. The van der Waals surface area contributed by atoms with Crippen molar-refractivity contribution in [3.05, 3.63) is 29.8 Å². The molecule has 0 aromatic heterocycles. The van der Waals surface area contributed by atoms with Crippen LogP contribution in [-0.4, -0.2) is 18.6 Å². The normalized spacial score (nSPS) is 30.2. The fourth-order valence-corrected chi connectivity index (χ4v) is 4.03. The van der Waals surface area contributed by atoms with E-state index < -0.39 is 0 Å². The van der Waals surface area contributed by atoms with Crippen LogP contribution in [0.3, 0.4) is 0 Å². The summed E-state index contributed by atoms with van der Waals surface area (Å²) < 4.78 is 0. The molecule has 3 atom stereocenters. The Morgan fingerprint density at radius 2 is 2.05 bits per heavy atom. The molecule has 1 aliphatic carbocycles. The second-order valence-electron chi connectivity index (χ2n) is 6.68. The summed E-state index contributed by atoms with van der Waals surface area (Å²) in [7, 11) is 0. The Hall–Kier alpha value is -1.02. The smallest absolute Gasteiger partial charge is 0.0552 e. The molecule has 1 aromatic carbocycles. The third kappa shape index (κ3) is 2.71. The van der Waals surface area contributed by atoms with Gasteiger partial charge in [-0.2, -0.15) is 0 Å². The van der Waals surface area contributed by atoms with Crippen molar-refractivity contribution in [1.29, 1.82) is 0 Å². The van der Waals surface area contributed by atoms with E-state index in [1.54, 1.807) is 0 Å². The van der Waals surface area contributed by atoms with E-state index in [0.29, 0.717) is 5.92 Å². The molecule has 0 aliphatic heterocycles. The van der Waals surface area contributed by atoms with Crippen molar-refractivity contribution in [2.24, 2.45) is 17.6 Å². The molecular weight excluding hydrogens is 244 g/mol. The highest BCUT2D eigenvalue weighted by Crippen LogP contribution is 2.42. The molecule has 1 fully saturated rings. The first-order valence-electron chi connectivity index (χ1n) is 8.08. The van der Waals surface area contributed by atoms with Crippen LogP contribution in [0, 0.1) is 18.8 Å². The molecule has 1 aromatic rings. The molecule has 0 spiro atoms. The minimum atomic E-state index is 0.125. The van der Waals surface area contributed by atoms with Gasteiger partial charge in [0, 0.05) is 18.8 Å². The molecular formula is C18H30N2. The maximum absolute atomic E-state index is 6.30. The summed E-state index contributed by atoms with van der Waals surface area (Å²) in [5, 5.41) is 0. The van der Waals surface area contributed by atoms with Crippen LogP contribution in [0.25, 0.3) is 0 Å². The summed E-state index contributed by atoms with van der Waals surface area (Å²) in [5.74, 6) is 1.43. The first-order valence-corrected chi connectivity index (χ1v) is 8.08. The van der Waals surface area contributed by atoms with Crippen LogP contribution in [0.4, 0.5) is 5.69 Å². The fourth-order valence-electron chi connectivity index (χ4n) is 4.03. The van der Waals surface area contributed by atoms with Gasteiger partial charge in [0.15, 0.2) is 0 Å². The van der Waals surface area contributed by atoms with Gasteiger partial charge in [0.2, 0.25) is 0 Å². The highest BCUT2D eigenvalue weighted by molar-refractivity contribution is 5.51. The average molecular weight is 274 g/mol. The minimum Gasteiger partial charge on any atom is -0.365 e. The quantitative estimate of drug-likeness (QED) is 0.900. The number of benzene rings is 1. The Labute approximate surface area is 124 Å². The van der Waals surface area contributed by atoms with Crippen molar-refractivity contribution >= 4 is 5.69 Å². The van der Waals surface area contributed by atoms with Crippen LogP contribution in [0.15, 0.2) is 24.3 Å². The van der Waals surface area contributed by atoms with Gasteiger partial charge in [-0.15, -0.1) is 0 Å². The van der Waals surface area contributed by atoms with E-state index in [4.69, 9.17) is 5.73 Å². The fraction of sp³-hybridized carbons (Fsp3) is 0.667. The molecule has 0 radical (unpaired) electrons. The molecule has 0 bridgehead atoms. The average Bonchev–Trinajstić information content (AvgIpc) is 2.43. The number of rotatable bonds is 4. The molecule has 1 saturated carbocycles. The lowest BCUT2D eigenvalue weighted by Crippen LogP contribution is -2.60. The second kappa shape index (κ2) is 6.17. The highest BCUT2D eigenvalue weighted by Gasteiger charge is 2.43. The second-order valence-corrected chi connectivity index (χ2v) is 6.68. The van der Waals surface area contributed by atoms with Crippen LogP contribution >= 0.6 is 0 Å². The van der Waals surface area contributed by atoms with E-state index in [1.165, 1.54) is 30.5 Å². The Balaban J connectivity index is 2.40. The van der Waals surface area contributed by atoms with Gasteiger partial charge in [0.05, 0.1) is 5.54 Å². The molecule has 20 heavy (non-hydrogen) atoms.